The lowest BCUT2D eigenvalue weighted by Crippen LogP contribution is -2.08. The van der Waals surface area contributed by atoms with Gasteiger partial charge < -0.3 is 10.2 Å². The number of hydrogen-bond donors (Lipinski definition) is 2. The van der Waals surface area contributed by atoms with E-state index < -0.39 is 0 Å². The fraction of sp³-hybridized carbons (Fsp3) is 1.00. The molecule has 0 amide bonds. The van der Waals surface area contributed by atoms with E-state index in [0.29, 0.717) is 11.5 Å². The molecule has 9 heavy (non-hydrogen) atoms. The summed E-state index contributed by atoms with van der Waals surface area (Å²) in [6.07, 6.45) is -0.512. The van der Waals surface area contributed by atoms with Crippen molar-refractivity contribution in [1.82, 2.24) is 0 Å². The fourth-order valence-electron chi connectivity index (χ4n) is 0.409. The zero-order chi connectivity index (χ0) is 7.28. The lowest BCUT2D eigenvalue weighted by molar-refractivity contribution is 0.215. The molecule has 0 heterocycles. The van der Waals surface area contributed by atoms with E-state index >= 15 is 0 Å². The maximum Gasteiger partial charge on any atom is 0.0602 e. The predicted molar refractivity (Wildman–Crippen MR) is 40.7 cm³/mol. The van der Waals surface area contributed by atoms with Gasteiger partial charge in [-0.25, -0.2) is 0 Å². The molecule has 3 heteroatoms. The fourth-order valence-corrected chi connectivity index (χ4v) is 1.23. The summed E-state index contributed by atoms with van der Waals surface area (Å²) in [5.74, 6) is 1.43. The molecule has 56 valence electrons. The highest BCUT2D eigenvalue weighted by Gasteiger charge is 1.98. The Morgan fingerprint density at radius 1 is 1.11 bits per heavy atom. The van der Waals surface area contributed by atoms with Gasteiger partial charge in [-0.1, -0.05) is 0 Å². The molecular formula is C6H14O2S. The van der Waals surface area contributed by atoms with Gasteiger partial charge in [0.2, 0.25) is 0 Å². The summed E-state index contributed by atoms with van der Waals surface area (Å²) in [6.45, 7) is 3.49. The van der Waals surface area contributed by atoms with Crippen LogP contribution < -0.4 is 0 Å². The third-order valence-corrected chi connectivity index (χ3v) is 2.15. The SMILES string of the molecule is CC(O)CSCC(C)O. The molecule has 0 aromatic carbocycles. The highest BCUT2D eigenvalue weighted by Crippen LogP contribution is 2.03. The minimum atomic E-state index is -0.256. The van der Waals surface area contributed by atoms with Crippen molar-refractivity contribution in [2.24, 2.45) is 0 Å². The van der Waals surface area contributed by atoms with E-state index in [1.54, 1.807) is 25.6 Å². The molecule has 0 rings (SSSR count). The second-order valence-electron chi connectivity index (χ2n) is 2.24. The van der Waals surface area contributed by atoms with E-state index in [9.17, 15) is 0 Å². The van der Waals surface area contributed by atoms with Crippen LogP contribution in [0, 0.1) is 0 Å². The van der Waals surface area contributed by atoms with E-state index in [1.807, 2.05) is 0 Å². The molecule has 0 radical (unpaired) electrons. The van der Waals surface area contributed by atoms with E-state index in [0.717, 1.165) is 0 Å². The first-order valence-electron chi connectivity index (χ1n) is 3.06. The number of hydrogen-bond acceptors (Lipinski definition) is 3. The van der Waals surface area contributed by atoms with Gasteiger partial charge in [0.1, 0.15) is 0 Å². The summed E-state index contributed by atoms with van der Waals surface area (Å²) in [6, 6.07) is 0. The van der Waals surface area contributed by atoms with Crippen LogP contribution in [0.4, 0.5) is 0 Å². The van der Waals surface area contributed by atoms with Crippen molar-refractivity contribution >= 4 is 11.8 Å². The van der Waals surface area contributed by atoms with Crippen LogP contribution in [0.3, 0.4) is 0 Å². The highest BCUT2D eigenvalue weighted by molar-refractivity contribution is 7.99. The van der Waals surface area contributed by atoms with Crippen LogP contribution in [0.5, 0.6) is 0 Å². The number of aliphatic hydroxyl groups excluding tert-OH is 2. The molecule has 2 atom stereocenters. The zero-order valence-corrected chi connectivity index (χ0v) is 6.69. The van der Waals surface area contributed by atoms with Crippen molar-refractivity contribution in [3.63, 3.8) is 0 Å². The Bertz CT molecular complexity index is 56.1. The van der Waals surface area contributed by atoms with Gasteiger partial charge in [0.05, 0.1) is 12.2 Å². The standard InChI is InChI=1S/C6H14O2S/c1-5(7)3-9-4-6(2)8/h5-8H,3-4H2,1-2H3. The molecule has 0 bridgehead atoms. The lowest BCUT2D eigenvalue weighted by atomic mass is 10.5. The van der Waals surface area contributed by atoms with Crippen molar-refractivity contribution < 1.29 is 10.2 Å². The largest absolute Gasteiger partial charge is 0.393 e. The van der Waals surface area contributed by atoms with Crippen LogP contribution in [-0.4, -0.2) is 33.9 Å². The second kappa shape index (κ2) is 5.09. The Morgan fingerprint density at radius 2 is 1.44 bits per heavy atom. The third-order valence-electron chi connectivity index (χ3n) is 0.718. The van der Waals surface area contributed by atoms with Crippen molar-refractivity contribution in [3.05, 3.63) is 0 Å². The third kappa shape index (κ3) is 8.27. The molecule has 0 aliphatic heterocycles. The van der Waals surface area contributed by atoms with Gasteiger partial charge in [-0.15, -0.1) is 0 Å². The first kappa shape index (κ1) is 9.27. The molecular weight excluding hydrogens is 136 g/mol. The maximum absolute atomic E-state index is 8.76. The van der Waals surface area contributed by atoms with Crippen molar-refractivity contribution in [1.29, 1.82) is 0 Å². The minimum Gasteiger partial charge on any atom is -0.393 e. The van der Waals surface area contributed by atoms with Crippen LogP contribution in [0.1, 0.15) is 13.8 Å². The summed E-state index contributed by atoms with van der Waals surface area (Å²) < 4.78 is 0. The number of rotatable bonds is 4. The molecule has 0 aromatic heterocycles. The topological polar surface area (TPSA) is 40.5 Å². The summed E-state index contributed by atoms with van der Waals surface area (Å²) in [7, 11) is 0. The first-order chi connectivity index (χ1) is 4.13. The smallest absolute Gasteiger partial charge is 0.0602 e. The van der Waals surface area contributed by atoms with E-state index in [1.165, 1.54) is 0 Å². The minimum absolute atomic E-state index is 0.256. The Morgan fingerprint density at radius 3 is 1.67 bits per heavy atom. The molecule has 0 saturated heterocycles. The van der Waals surface area contributed by atoms with Crippen LogP contribution in [0.15, 0.2) is 0 Å². The monoisotopic (exact) mass is 150 g/mol. The Balaban J connectivity index is 2.91. The van der Waals surface area contributed by atoms with Crippen LogP contribution >= 0.6 is 11.8 Å². The van der Waals surface area contributed by atoms with Gasteiger partial charge in [0, 0.05) is 11.5 Å². The quantitative estimate of drug-likeness (QED) is 0.612. The lowest BCUT2D eigenvalue weighted by Gasteiger charge is -2.04. The van der Waals surface area contributed by atoms with Crippen LogP contribution in [-0.2, 0) is 0 Å². The molecule has 0 aromatic rings. The Kier molecular flexibility index (Phi) is 5.24. The summed E-state index contributed by atoms with van der Waals surface area (Å²) in [4.78, 5) is 0. The molecule has 0 saturated carbocycles. The number of aliphatic hydroxyl groups is 2. The molecule has 2 N–H and O–H groups in total. The van der Waals surface area contributed by atoms with Gasteiger partial charge in [-0.3, -0.25) is 0 Å². The summed E-state index contributed by atoms with van der Waals surface area (Å²) >= 11 is 1.57. The van der Waals surface area contributed by atoms with Crippen molar-refractivity contribution in [3.8, 4) is 0 Å². The maximum atomic E-state index is 8.76. The molecule has 0 aliphatic rings. The summed E-state index contributed by atoms with van der Waals surface area (Å²) in [5, 5.41) is 17.5. The van der Waals surface area contributed by atoms with Gasteiger partial charge in [0.25, 0.3) is 0 Å². The molecule has 2 nitrogen and oxygen atoms in total. The van der Waals surface area contributed by atoms with Gasteiger partial charge >= 0.3 is 0 Å². The highest BCUT2D eigenvalue weighted by atomic mass is 32.2. The van der Waals surface area contributed by atoms with Crippen LogP contribution in [0.25, 0.3) is 0 Å². The van der Waals surface area contributed by atoms with Crippen LogP contribution in [0.2, 0.25) is 0 Å². The van der Waals surface area contributed by atoms with Crippen molar-refractivity contribution in [2.45, 2.75) is 26.1 Å². The Labute approximate surface area is 60.3 Å². The first-order valence-corrected chi connectivity index (χ1v) is 4.22. The van der Waals surface area contributed by atoms with Gasteiger partial charge in [-0.05, 0) is 13.8 Å². The number of thioether (sulfide) groups is 1. The molecule has 0 aliphatic carbocycles. The Hall–Kier alpha value is 0.270. The second-order valence-corrected chi connectivity index (χ2v) is 3.31. The van der Waals surface area contributed by atoms with Crippen molar-refractivity contribution in [2.75, 3.05) is 11.5 Å². The predicted octanol–water partition coefficient (Wildman–Crippen LogP) is 0.481. The molecule has 0 spiro atoms. The molecule has 2 unspecified atom stereocenters. The molecule has 0 fully saturated rings. The average Bonchev–Trinajstić information content (AvgIpc) is 1.63. The summed E-state index contributed by atoms with van der Waals surface area (Å²) in [5.41, 5.74) is 0. The van der Waals surface area contributed by atoms with E-state index in [2.05, 4.69) is 0 Å². The van der Waals surface area contributed by atoms with E-state index in [4.69, 9.17) is 10.2 Å². The van der Waals surface area contributed by atoms with Gasteiger partial charge in [-0.2, -0.15) is 11.8 Å². The zero-order valence-electron chi connectivity index (χ0n) is 5.87. The van der Waals surface area contributed by atoms with E-state index in [-0.39, 0.29) is 12.2 Å². The average molecular weight is 150 g/mol. The van der Waals surface area contributed by atoms with Gasteiger partial charge in [0.15, 0.2) is 0 Å². The normalized spacial score (nSPS) is 17.3.